The van der Waals surface area contributed by atoms with Crippen LogP contribution < -0.4 is 4.74 Å². The van der Waals surface area contributed by atoms with Gasteiger partial charge in [-0.3, -0.25) is 14.7 Å². The predicted octanol–water partition coefficient (Wildman–Crippen LogP) is 3.37. The number of ether oxygens (including phenoxy) is 1. The third kappa shape index (κ3) is 5.70. The Labute approximate surface area is 211 Å². The van der Waals surface area contributed by atoms with Crippen molar-refractivity contribution in [2.75, 3.05) is 26.7 Å². The van der Waals surface area contributed by atoms with E-state index in [2.05, 4.69) is 27.9 Å². The molecule has 3 heterocycles. The molecule has 0 spiro atoms. The van der Waals surface area contributed by atoms with Crippen LogP contribution in [0.25, 0.3) is 11.1 Å². The van der Waals surface area contributed by atoms with E-state index in [1.807, 2.05) is 38.4 Å². The lowest BCUT2D eigenvalue weighted by atomic mass is 9.98. The molecule has 0 saturated heterocycles. The number of carbonyl (C=O) groups is 1. The van der Waals surface area contributed by atoms with Crippen LogP contribution in [0, 0.1) is 17.2 Å². The molecular formula is C28H31N5O3. The number of benzene rings is 1. The number of hydrogen-bond acceptors (Lipinski definition) is 7. The van der Waals surface area contributed by atoms with Gasteiger partial charge in [0.1, 0.15) is 11.7 Å². The number of aliphatic hydroxyl groups excluding tert-OH is 1. The van der Waals surface area contributed by atoms with E-state index in [1.165, 1.54) is 0 Å². The van der Waals surface area contributed by atoms with Crippen LogP contribution in [-0.4, -0.2) is 69.7 Å². The van der Waals surface area contributed by atoms with Crippen molar-refractivity contribution < 1.29 is 14.6 Å². The maximum absolute atomic E-state index is 13.6. The Kier molecular flexibility index (Phi) is 7.93. The summed E-state index contributed by atoms with van der Waals surface area (Å²) in [6.07, 6.45) is 5.05. The third-order valence-electron chi connectivity index (χ3n) is 6.51. The zero-order chi connectivity index (χ0) is 25.7. The Hall–Kier alpha value is -3.80. The van der Waals surface area contributed by atoms with Crippen molar-refractivity contribution >= 4 is 5.91 Å². The molecule has 1 aromatic carbocycles. The molecule has 1 aliphatic rings. The van der Waals surface area contributed by atoms with Gasteiger partial charge in [0.15, 0.2) is 0 Å². The van der Waals surface area contributed by atoms with E-state index in [-0.39, 0.29) is 36.5 Å². The zero-order valence-electron chi connectivity index (χ0n) is 20.8. The highest BCUT2D eigenvalue weighted by atomic mass is 16.5. The number of nitrogens with zero attached hydrogens (tertiary/aromatic N) is 5. The highest BCUT2D eigenvalue weighted by Gasteiger charge is 2.34. The average molecular weight is 486 g/mol. The van der Waals surface area contributed by atoms with Gasteiger partial charge in [-0.1, -0.05) is 25.1 Å². The number of rotatable bonds is 7. The summed E-state index contributed by atoms with van der Waals surface area (Å²) >= 11 is 0. The summed E-state index contributed by atoms with van der Waals surface area (Å²) in [5.74, 6) is 0.0502. The van der Waals surface area contributed by atoms with Crippen molar-refractivity contribution in [2.45, 2.75) is 32.5 Å². The number of hydrogen-bond donors (Lipinski definition) is 1. The molecule has 1 amide bonds. The van der Waals surface area contributed by atoms with Gasteiger partial charge in [0.2, 0.25) is 5.88 Å². The summed E-state index contributed by atoms with van der Waals surface area (Å²) in [4.78, 5) is 26.3. The minimum absolute atomic E-state index is 0.00114. The van der Waals surface area contributed by atoms with Crippen molar-refractivity contribution in [1.82, 2.24) is 19.8 Å². The number of fused-ring (bicyclic) bond motifs is 1. The molecule has 8 heteroatoms. The number of amides is 1. The van der Waals surface area contributed by atoms with Crippen molar-refractivity contribution in [3.8, 4) is 23.1 Å². The normalized spacial score (nSPS) is 18.6. The van der Waals surface area contributed by atoms with Gasteiger partial charge in [-0.05, 0) is 49.4 Å². The largest absolute Gasteiger partial charge is 0.472 e. The molecule has 186 valence electrons. The van der Waals surface area contributed by atoms with Crippen LogP contribution in [0.4, 0.5) is 0 Å². The summed E-state index contributed by atoms with van der Waals surface area (Å²) in [6, 6.07) is 14.7. The number of aromatic nitrogens is 2. The van der Waals surface area contributed by atoms with E-state index in [4.69, 9.17) is 4.74 Å². The van der Waals surface area contributed by atoms with E-state index in [0.717, 1.165) is 16.7 Å². The van der Waals surface area contributed by atoms with Crippen LogP contribution in [0.2, 0.25) is 0 Å². The van der Waals surface area contributed by atoms with Gasteiger partial charge >= 0.3 is 0 Å². The summed E-state index contributed by atoms with van der Waals surface area (Å²) in [7, 11) is 2.03. The lowest BCUT2D eigenvalue weighted by Gasteiger charge is -2.37. The molecule has 0 aliphatic carbocycles. The number of likely N-dealkylation sites (N-methyl/N-ethyl adjacent to an activating group) is 1. The lowest BCUT2D eigenvalue weighted by Crippen LogP contribution is -2.49. The SMILES string of the molecule is C[C@@H]1CN([C@H](C)CO)C(=O)c2cc(-c3cccc(C#N)c3)cnc2O[C@@H]1CN(C)Cc1cccnc1. The first-order valence-electron chi connectivity index (χ1n) is 12.1. The highest BCUT2D eigenvalue weighted by molar-refractivity contribution is 5.98. The van der Waals surface area contributed by atoms with Gasteiger partial charge in [0.05, 0.1) is 24.3 Å². The fourth-order valence-corrected chi connectivity index (χ4v) is 4.42. The third-order valence-corrected chi connectivity index (χ3v) is 6.51. The maximum atomic E-state index is 13.6. The fourth-order valence-electron chi connectivity index (χ4n) is 4.42. The minimum atomic E-state index is -0.356. The van der Waals surface area contributed by atoms with Gasteiger partial charge < -0.3 is 14.7 Å². The molecule has 0 saturated carbocycles. The van der Waals surface area contributed by atoms with Crippen LogP contribution in [0.3, 0.4) is 0 Å². The predicted molar refractivity (Wildman–Crippen MR) is 136 cm³/mol. The van der Waals surface area contributed by atoms with Crippen LogP contribution >= 0.6 is 0 Å². The van der Waals surface area contributed by atoms with Gasteiger partial charge in [-0.25, -0.2) is 4.98 Å². The quantitative estimate of drug-likeness (QED) is 0.547. The minimum Gasteiger partial charge on any atom is -0.472 e. The molecule has 3 aromatic rings. The number of pyridine rings is 2. The van der Waals surface area contributed by atoms with Crippen molar-refractivity contribution in [3.63, 3.8) is 0 Å². The molecule has 0 unspecified atom stereocenters. The fraction of sp³-hybridized carbons (Fsp3) is 0.357. The molecule has 36 heavy (non-hydrogen) atoms. The molecule has 0 bridgehead atoms. The van der Waals surface area contributed by atoms with Crippen molar-refractivity contribution in [3.05, 3.63) is 77.7 Å². The highest BCUT2D eigenvalue weighted by Crippen LogP contribution is 2.30. The second-order valence-electron chi connectivity index (χ2n) is 9.45. The standard InChI is InChI=1S/C28H31N5O3/c1-19-15-33(20(2)18-34)28(35)25-11-24(23-8-4-6-21(10-23)12-29)14-31-27(25)36-26(19)17-32(3)16-22-7-5-9-30-13-22/h4-11,13-14,19-20,26,34H,15-18H2,1-3H3/t19-,20-,26-/m1/s1. The van der Waals surface area contributed by atoms with Gasteiger partial charge in [-0.2, -0.15) is 5.26 Å². The van der Waals surface area contributed by atoms with Gasteiger partial charge in [0, 0.05) is 49.7 Å². The topological polar surface area (TPSA) is 103 Å². The summed E-state index contributed by atoms with van der Waals surface area (Å²) in [5.41, 5.74) is 3.50. The number of carbonyl (C=O) groups excluding carboxylic acids is 1. The summed E-state index contributed by atoms with van der Waals surface area (Å²) in [6.45, 7) is 5.53. The zero-order valence-corrected chi connectivity index (χ0v) is 20.8. The Balaban J connectivity index is 1.67. The summed E-state index contributed by atoms with van der Waals surface area (Å²) in [5, 5.41) is 19.2. The number of aliphatic hydroxyl groups is 1. The molecule has 0 fully saturated rings. The Morgan fingerprint density at radius 3 is 2.81 bits per heavy atom. The molecule has 8 nitrogen and oxygen atoms in total. The molecule has 1 aliphatic heterocycles. The molecule has 2 aromatic heterocycles. The van der Waals surface area contributed by atoms with Crippen molar-refractivity contribution in [2.24, 2.45) is 5.92 Å². The monoisotopic (exact) mass is 485 g/mol. The first-order valence-corrected chi connectivity index (χ1v) is 12.1. The van der Waals surface area contributed by atoms with E-state index in [9.17, 15) is 15.2 Å². The second kappa shape index (κ2) is 11.3. The molecule has 4 rings (SSSR count). The molecular weight excluding hydrogens is 454 g/mol. The van der Waals surface area contributed by atoms with E-state index in [1.54, 1.807) is 41.6 Å². The summed E-state index contributed by atoms with van der Waals surface area (Å²) < 4.78 is 6.39. The van der Waals surface area contributed by atoms with E-state index in [0.29, 0.717) is 30.8 Å². The maximum Gasteiger partial charge on any atom is 0.259 e. The lowest BCUT2D eigenvalue weighted by molar-refractivity contribution is 0.0325. The molecule has 0 radical (unpaired) electrons. The Morgan fingerprint density at radius 2 is 2.08 bits per heavy atom. The molecule has 3 atom stereocenters. The number of nitriles is 1. The van der Waals surface area contributed by atoms with Crippen LogP contribution in [0.5, 0.6) is 5.88 Å². The van der Waals surface area contributed by atoms with Gasteiger partial charge in [-0.15, -0.1) is 0 Å². The van der Waals surface area contributed by atoms with E-state index < -0.39 is 0 Å². The molecule has 1 N–H and O–H groups in total. The van der Waals surface area contributed by atoms with Crippen LogP contribution in [-0.2, 0) is 6.54 Å². The smallest absolute Gasteiger partial charge is 0.259 e. The van der Waals surface area contributed by atoms with Crippen molar-refractivity contribution in [1.29, 1.82) is 5.26 Å². The second-order valence-corrected chi connectivity index (χ2v) is 9.45. The average Bonchev–Trinajstić information content (AvgIpc) is 2.90. The van der Waals surface area contributed by atoms with E-state index >= 15 is 0 Å². The first kappa shape index (κ1) is 25.3. The first-order chi connectivity index (χ1) is 17.4. The van der Waals surface area contributed by atoms with Gasteiger partial charge in [0.25, 0.3) is 5.91 Å². The van der Waals surface area contributed by atoms with Crippen LogP contribution in [0.15, 0.2) is 61.1 Å². The van der Waals surface area contributed by atoms with Crippen LogP contribution in [0.1, 0.15) is 35.3 Å². The Bertz CT molecular complexity index is 1240. The Morgan fingerprint density at radius 1 is 1.25 bits per heavy atom.